The van der Waals surface area contributed by atoms with Gasteiger partial charge in [-0.25, -0.2) is 0 Å². The standard InChI is InChI=1S/C19H32N2/c1-3-4-5-6-10-15-21-16-19(20-14-13-17(21)2)18-11-8-7-9-12-18/h7-9,11-12,17,19-20H,3-6,10,13-16H2,1-2H3. The first-order valence-electron chi connectivity index (χ1n) is 8.83. The molecule has 2 unspecified atom stereocenters. The maximum absolute atomic E-state index is 3.73. The van der Waals surface area contributed by atoms with Gasteiger partial charge < -0.3 is 5.32 Å². The van der Waals surface area contributed by atoms with Crippen LogP contribution in [-0.2, 0) is 0 Å². The third-order valence-electron chi connectivity index (χ3n) is 4.74. The number of hydrogen-bond donors (Lipinski definition) is 1. The minimum atomic E-state index is 0.492. The molecule has 1 aromatic rings. The number of benzene rings is 1. The van der Waals surface area contributed by atoms with Gasteiger partial charge in [0.2, 0.25) is 0 Å². The monoisotopic (exact) mass is 288 g/mol. The van der Waals surface area contributed by atoms with E-state index in [2.05, 4.69) is 54.4 Å². The van der Waals surface area contributed by atoms with Crippen LogP contribution < -0.4 is 5.32 Å². The molecule has 1 N–H and O–H groups in total. The Hall–Kier alpha value is -0.860. The van der Waals surface area contributed by atoms with Crippen molar-refractivity contribution in [1.29, 1.82) is 0 Å². The minimum Gasteiger partial charge on any atom is -0.309 e. The van der Waals surface area contributed by atoms with Gasteiger partial charge in [-0.3, -0.25) is 4.90 Å². The van der Waals surface area contributed by atoms with Crippen molar-refractivity contribution in [2.45, 2.75) is 64.5 Å². The van der Waals surface area contributed by atoms with E-state index in [4.69, 9.17) is 0 Å². The second-order valence-corrected chi connectivity index (χ2v) is 6.46. The predicted molar refractivity (Wildman–Crippen MR) is 91.6 cm³/mol. The van der Waals surface area contributed by atoms with Crippen molar-refractivity contribution in [2.24, 2.45) is 0 Å². The second kappa shape index (κ2) is 9.22. The molecule has 0 saturated carbocycles. The predicted octanol–water partition coefficient (Wildman–Crippen LogP) is 4.38. The lowest BCUT2D eigenvalue weighted by molar-refractivity contribution is 0.200. The molecule has 0 bridgehead atoms. The van der Waals surface area contributed by atoms with E-state index in [9.17, 15) is 0 Å². The third kappa shape index (κ3) is 5.44. The molecule has 0 aliphatic carbocycles. The maximum Gasteiger partial charge on any atom is 0.0449 e. The van der Waals surface area contributed by atoms with Crippen molar-refractivity contribution in [2.75, 3.05) is 19.6 Å². The first-order chi connectivity index (χ1) is 10.3. The molecule has 1 heterocycles. The molecule has 2 heteroatoms. The lowest BCUT2D eigenvalue weighted by Crippen LogP contribution is -2.36. The normalized spacial score (nSPS) is 23.9. The molecule has 1 saturated heterocycles. The highest BCUT2D eigenvalue weighted by molar-refractivity contribution is 5.19. The summed E-state index contributed by atoms with van der Waals surface area (Å²) in [6.45, 7) is 8.22. The highest BCUT2D eigenvalue weighted by Gasteiger charge is 2.23. The average Bonchev–Trinajstić information content (AvgIpc) is 2.70. The van der Waals surface area contributed by atoms with Gasteiger partial charge in [-0.1, -0.05) is 62.9 Å². The quantitative estimate of drug-likeness (QED) is 0.749. The zero-order valence-electron chi connectivity index (χ0n) is 13.9. The summed E-state index contributed by atoms with van der Waals surface area (Å²) >= 11 is 0. The summed E-state index contributed by atoms with van der Waals surface area (Å²) in [4.78, 5) is 2.70. The fraction of sp³-hybridized carbons (Fsp3) is 0.684. The molecule has 0 spiro atoms. The Morgan fingerprint density at radius 3 is 2.62 bits per heavy atom. The van der Waals surface area contributed by atoms with E-state index in [1.165, 1.54) is 50.6 Å². The molecule has 2 atom stereocenters. The molecule has 0 amide bonds. The van der Waals surface area contributed by atoms with Gasteiger partial charge in [-0.05, 0) is 38.4 Å². The molecule has 118 valence electrons. The van der Waals surface area contributed by atoms with Gasteiger partial charge >= 0.3 is 0 Å². The SMILES string of the molecule is CCCCCCCN1CC(c2ccccc2)NCCC1C. The van der Waals surface area contributed by atoms with Gasteiger partial charge in [0.15, 0.2) is 0 Å². The second-order valence-electron chi connectivity index (χ2n) is 6.46. The molecule has 1 aliphatic heterocycles. The van der Waals surface area contributed by atoms with Crippen molar-refractivity contribution < 1.29 is 0 Å². The molecule has 2 rings (SSSR count). The summed E-state index contributed by atoms with van der Waals surface area (Å²) in [6, 6.07) is 12.1. The van der Waals surface area contributed by atoms with E-state index in [-0.39, 0.29) is 0 Å². The summed E-state index contributed by atoms with van der Waals surface area (Å²) in [5, 5.41) is 3.73. The van der Waals surface area contributed by atoms with E-state index in [1.807, 2.05) is 0 Å². The Kier molecular flexibility index (Phi) is 7.25. The Morgan fingerprint density at radius 2 is 1.86 bits per heavy atom. The smallest absolute Gasteiger partial charge is 0.0449 e. The van der Waals surface area contributed by atoms with Crippen LogP contribution in [0.4, 0.5) is 0 Å². The molecule has 1 fully saturated rings. The fourth-order valence-corrected chi connectivity index (χ4v) is 3.27. The Labute approximate surface area is 130 Å². The lowest BCUT2D eigenvalue weighted by Gasteiger charge is -2.29. The first-order valence-corrected chi connectivity index (χ1v) is 8.83. The van der Waals surface area contributed by atoms with Crippen LogP contribution in [0, 0.1) is 0 Å². The first kappa shape index (κ1) is 16.5. The number of nitrogens with one attached hydrogen (secondary N) is 1. The molecule has 2 nitrogen and oxygen atoms in total. The van der Waals surface area contributed by atoms with Crippen molar-refractivity contribution in [1.82, 2.24) is 10.2 Å². The Balaban J connectivity index is 1.86. The minimum absolute atomic E-state index is 0.492. The van der Waals surface area contributed by atoms with E-state index in [1.54, 1.807) is 0 Å². The molecule has 1 aliphatic rings. The lowest BCUT2D eigenvalue weighted by atomic mass is 10.1. The van der Waals surface area contributed by atoms with Crippen LogP contribution in [-0.4, -0.2) is 30.6 Å². The number of nitrogens with zero attached hydrogens (tertiary/aromatic N) is 1. The van der Waals surface area contributed by atoms with Crippen LogP contribution in [0.3, 0.4) is 0 Å². The van der Waals surface area contributed by atoms with Crippen LogP contribution in [0.1, 0.15) is 64.0 Å². The summed E-state index contributed by atoms with van der Waals surface area (Å²) in [7, 11) is 0. The van der Waals surface area contributed by atoms with E-state index >= 15 is 0 Å². The molecular formula is C19H32N2. The summed E-state index contributed by atoms with van der Waals surface area (Å²) in [5.74, 6) is 0. The van der Waals surface area contributed by atoms with Gasteiger partial charge in [0.1, 0.15) is 0 Å². The average molecular weight is 288 g/mol. The van der Waals surface area contributed by atoms with Crippen LogP contribution >= 0.6 is 0 Å². The van der Waals surface area contributed by atoms with Gasteiger partial charge in [0, 0.05) is 18.6 Å². The van der Waals surface area contributed by atoms with Crippen molar-refractivity contribution in [3.8, 4) is 0 Å². The zero-order valence-corrected chi connectivity index (χ0v) is 13.9. The number of rotatable bonds is 7. The van der Waals surface area contributed by atoms with E-state index in [0.717, 1.165) is 13.1 Å². The van der Waals surface area contributed by atoms with Crippen LogP contribution in [0.15, 0.2) is 30.3 Å². The van der Waals surface area contributed by atoms with E-state index in [0.29, 0.717) is 12.1 Å². The van der Waals surface area contributed by atoms with Crippen LogP contribution in [0.5, 0.6) is 0 Å². The Morgan fingerprint density at radius 1 is 1.10 bits per heavy atom. The van der Waals surface area contributed by atoms with Crippen LogP contribution in [0.2, 0.25) is 0 Å². The molecular weight excluding hydrogens is 256 g/mol. The summed E-state index contributed by atoms with van der Waals surface area (Å²) in [5.41, 5.74) is 1.43. The molecule has 0 radical (unpaired) electrons. The summed E-state index contributed by atoms with van der Waals surface area (Å²) < 4.78 is 0. The largest absolute Gasteiger partial charge is 0.309 e. The van der Waals surface area contributed by atoms with Crippen molar-refractivity contribution >= 4 is 0 Å². The molecule has 21 heavy (non-hydrogen) atoms. The highest BCUT2D eigenvalue weighted by Crippen LogP contribution is 2.20. The third-order valence-corrected chi connectivity index (χ3v) is 4.74. The zero-order chi connectivity index (χ0) is 14.9. The van der Waals surface area contributed by atoms with Gasteiger partial charge in [-0.15, -0.1) is 0 Å². The van der Waals surface area contributed by atoms with Crippen LogP contribution in [0.25, 0.3) is 0 Å². The van der Waals surface area contributed by atoms with Crippen molar-refractivity contribution in [3.63, 3.8) is 0 Å². The highest BCUT2D eigenvalue weighted by atomic mass is 15.2. The van der Waals surface area contributed by atoms with E-state index < -0.39 is 0 Å². The summed E-state index contributed by atoms with van der Waals surface area (Å²) in [6.07, 6.45) is 8.13. The Bertz CT molecular complexity index is 376. The topological polar surface area (TPSA) is 15.3 Å². The van der Waals surface area contributed by atoms with Gasteiger partial charge in [0.05, 0.1) is 0 Å². The van der Waals surface area contributed by atoms with Gasteiger partial charge in [-0.2, -0.15) is 0 Å². The maximum atomic E-state index is 3.73. The molecule has 1 aromatic carbocycles. The fourth-order valence-electron chi connectivity index (χ4n) is 3.27. The number of unbranched alkanes of at least 4 members (excludes halogenated alkanes) is 4. The van der Waals surface area contributed by atoms with Gasteiger partial charge in [0.25, 0.3) is 0 Å². The number of hydrogen-bond acceptors (Lipinski definition) is 2. The molecule has 0 aromatic heterocycles. The van der Waals surface area contributed by atoms with Crippen molar-refractivity contribution in [3.05, 3.63) is 35.9 Å².